The van der Waals surface area contributed by atoms with Crippen LogP contribution in [-0.4, -0.2) is 48.7 Å². The molecule has 0 aromatic heterocycles. The second-order valence-electron chi connectivity index (χ2n) is 5.87. The summed E-state index contributed by atoms with van der Waals surface area (Å²) < 4.78 is 10.6. The van der Waals surface area contributed by atoms with Crippen LogP contribution in [0.1, 0.15) is 30.1 Å². The van der Waals surface area contributed by atoms with E-state index >= 15 is 0 Å². The molecule has 1 aromatic rings. The molecule has 124 valence electrons. The minimum atomic E-state index is -0.443. The second kappa shape index (κ2) is 6.45. The van der Waals surface area contributed by atoms with Crippen LogP contribution in [0.3, 0.4) is 0 Å². The van der Waals surface area contributed by atoms with Crippen LogP contribution in [0.25, 0.3) is 0 Å². The summed E-state index contributed by atoms with van der Waals surface area (Å²) in [6.07, 6.45) is 1.48. The number of carbonyl (C=O) groups excluding carboxylic acids is 2. The highest BCUT2D eigenvalue weighted by Crippen LogP contribution is 2.33. The Bertz CT molecular complexity index is 619. The molecule has 0 spiro atoms. The summed E-state index contributed by atoms with van der Waals surface area (Å²) >= 11 is 0. The number of benzene rings is 1. The lowest BCUT2D eigenvalue weighted by Crippen LogP contribution is -2.49. The average molecular weight is 319 g/mol. The van der Waals surface area contributed by atoms with Gasteiger partial charge in [-0.05, 0) is 38.0 Å². The molecule has 2 atom stereocenters. The Hall–Kier alpha value is -2.28. The van der Waals surface area contributed by atoms with Crippen LogP contribution in [0.4, 0.5) is 0 Å². The summed E-state index contributed by atoms with van der Waals surface area (Å²) in [6.45, 7) is 2.95. The minimum Gasteiger partial charge on any atom is -0.454 e. The maximum absolute atomic E-state index is 12.7. The van der Waals surface area contributed by atoms with Crippen molar-refractivity contribution in [2.24, 2.45) is 5.73 Å². The number of nitrogens with one attached hydrogen (secondary N) is 1. The molecular weight excluding hydrogens is 298 g/mol. The van der Waals surface area contributed by atoms with E-state index in [9.17, 15) is 9.59 Å². The van der Waals surface area contributed by atoms with Crippen LogP contribution < -0.4 is 20.5 Å². The lowest BCUT2D eigenvalue weighted by atomic mass is 10.1. The fourth-order valence-corrected chi connectivity index (χ4v) is 2.88. The maximum Gasteiger partial charge on any atom is 0.254 e. The molecular formula is C16H21N3O4. The van der Waals surface area contributed by atoms with Crippen molar-refractivity contribution in [1.82, 2.24) is 10.2 Å². The number of fused-ring (bicyclic) bond motifs is 1. The molecule has 3 N–H and O–H groups in total. The van der Waals surface area contributed by atoms with Crippen molar-refractivity contribution in [3.63, 3.8) is 0 Å². The summed E-state index contributed by atoms with van der Waals surface area (Å²) in [5.74, 6) is 0.887. The topological polar surface area (TPSA) is 93.9 Å². The molecule has 1 fully saturated rings. The van der Waals surface area contributed by atoms with Gasteiger partial charge >= 0.3 is 0 Å². The molecule has 1 unspecified atom stereocenters. The third kappa shape index (κ3) is 3.10. The number of hydrogen-bond acceptors (Lipinski definition) is 5. The highest BCUT2D eigenvalue weighted by Gasteiger charge is 2.35. The van der Waals surface area contributed by atoms with Gasteiger partial charge in [0.25, 0.3) is 5.91 Å². The van der Waals surface area contributed by atoms with E-state index in [-0.39, 0.29) is 24.6 Å². The number of nitrogens with zero attached hydrogens (tertiary/aromatic N) is 1. The van der Waals surface area contributed by atoms with Gasteiger partial charge in [0.1, 0.15) is 6.04 Å². The van der Waals surface area contributed by atoms with Gasteiger partial charge in [0.2, 0.25) is 12.7 Å². The Kier molecular flexibility index (Phi) is 4.38. The van der Waals surface area contributed by atoms with Gasteiger partial charge in [0, 0.05) is 24.7 Å². The van der Waals surface area contributed by atoms with E-state index in [0.717, 1.165) is 6.42 Å². The smallest absolute Gasteiger partial charge is 0.254 e. The van der Waals surface area contributed by atoms with Crippen molar-refractivity contribution in [3.05, 3.63) is 23.8 Å². The molecule has 7 nitrogen and oxygen atoms in total. The molecule has 0 aliphatic carbocycles. The maximum atomic E-state index is 12.7. The number of ether oxygens (including phenoxy) is 2. The molecule has 2 aliphatic rings. The summed E-state index contributed by atoms with van der Waals surface area (Å²) in [6, 6.07) is 4.54. The van der Waals surface area contributed by atoms with Crippen LogP contribution >= 0.6 is 0 Å². The van der Waals surface area contributed by atoms with Crippen molar-refractivity contribution >= 4 is 11.8 Å². The standard InChI is InChI=1S/C16H21N3O4/c1-10(8-17)18-15(20)12-3-2-6-19(12)16(21)11-4-5-13-14(7-11)23-9-22-13/h4-5,7,10,12H,2-3,6,8-9,17H2,1H3,(H,18,20)/t10-,12?/m0/s1. The van der Waals surface area contributed by atoms with E-state index in [4.69, 9.17) is 15.2 Å². The first kappa shape index (κ1) is 15.6. The second-order valence-corrected chi connectivity index (χ2v) is 5.87. The number of carbonyl (C=O) groups is 2. The summed E-state index contributed by atoms with van der Waals surface area (Å²) in [5.41, 5.74) is 6.04. The average Bonchev–Trinajstić information content (AvgIpc) is 3.21. The number of nitrogens with two attached hydrogens (primary N) is 1. The number of rotatable bonds is 4. The van der Waals surface area contributed by atoms with Gasteiger partial charge in [0.05, 0.1) is 0 Å². The van der Waals surface area contributed by atoms with Crippen LogP contribution in [0.15, 0.2) is 18.2 Å². The molecule has 2 amide bonds. The Balaban J connectivity index is 1.74. The van der Waals surface area contributed by atoms with Crippen molar-refractivity contribution in [2.75, 3.05) is 19.9 Å². The molecule has 0 saturated carbocycles. The highest BCUT2D eigenvalue weighted by atomic mass is 16.7. The van der Waals surface area contributed by atoms with E-state index in [2.05, 4.69) is 5.32 Å². The molecule has 2 aliphatic heterocycles. The highest BCUT2D eigenvalue weighted by molar-refractivity contribution is 5.98. The van der Waals surface area contributed by atoms with Crippen LogP contribution in [0.5, 0.6) is 11.5 Å². The zero-order valence-corrected chi connectivity index (χ0v) is 13.1. The van der Waals surface area contributed by atoms with E-state index in [1.165, 1.54) is 0 Å². The number of hydrogen-bond donors (Lipinski definition) is 2. The summed E-state index contributed by atoms with van der Waals surface area (Å²) in [5, 5.41) is 2.85. The fourth-order valence-electron chi connectivity index (χ4n) is 2.88. The van der Waals surface area contributed by atoms with E-state index < -0.39 is 6.04 Å². The Morgan fingerprint density at radius 3 is 2.96 bits per heavy atom. The Morgan fingerprint density at radius 1 is 1.39 bits per heavy atom. The third-order valence-corrected chi connectivity index (χ3v) is 4.18. The van der Waals surface area contributed by atoms with Crippen molar-refractivity contribution in [2.45, 2.75) is 31.8 Å². The lowest BCUT2D eigenvalue weighted by Gasteiger charge is -2.25. The number of amides is 2. The van der Waals surface area contributed by atoms with Crippen molar-refractivity contribution in [1.29, 1.82) is 0 Å². The predicted molar refractivity (Wildman–Crippen MR) is 83.3 cm³/mol. The Morgan fingerprint density at radius 2 is 2.17 bits per heavy atom. The molecule has 0 radical (unpaired) electrons. The SMILES string of the molecule is C[C@@H](CN)NC(=O)C1CCCN1C(=O)c1ccc2c(c1)OCO2. The fraction of sp³-hybridized carbons (Fsp3) is 0.500. The first-order valence-electron chi connectivity index (χ1n) is 7.81. The van der Waals surface area contributed by atoms with Gasteiger partial charge in [-0.1, -0.05) is 0 Å². The van der Waals surface area contributed by atoms with Crippen LogP contribution in [0, 0.1) is 0 Å². The normalized spacial score (nSPS) is 20.4. The van der Waals surface area contributed by atoms with Gasteiger partial charge in [-0.15, -0.1) is 0 Å². The van der Waals surface area contributed by atoms with Crippen molar-refractivity contribution in [3.8, 4) is 11.5 Å². The lowest BCUT2D eigenvalue weighted by molar-refractivity contribution is -0.125. The van der Waals surface area contributed by atoms with Crippen LogP contribution in [0.2, 0.25) is 0 Å². The first-order valence-corrected chi connectivity index (χ1v) is 7.81. The van der Waals surface area contributed by atoms with E-state index in [1.54, 1.807) is 23.1 Å². The van der Waals surface area contributed by atoms with E-state index in [0.29, 0.717) is 36.6 Å². The van der Waals surface area contributed by atoms with Crippen molar-refractivity contribution < 1.29 is 19.1 Å². The Labute approximate surface area is 134 Å². The van der Waals surface area contributed by atoms with Gasteiger partial charge in [-0.2, -0.15) is 0 Å². The molecule has 23 heavy (non-hydrogen) atoms. The molecule has 0 bridgehead atoms. The first-order chi connectivity index (χ1) is 11.1. The van der Waals surface area contributed by atoms with Gasteiger partial charge in [-0.25, -0.2) is 0 Å². The molecule has 3 rings (SSSR count). The van der Waals surface area contributed by atoms with E-state index in [1.807, 2.05) is 6.92 Å². The molecule has 1 aromatic carbocycles. The molecule has 1 saturated heterocycles. The molecule has 7 heteroatoms. The largest absolute Gasteiger partial charge is 0.454 e. The van der Waals surface area contributed by atoms with Gasteiger partial charge in [-0.3, -0.25) is 9.59 Å². The summed E-state index contributed by atoms with van der Waals surface area (Å²) in [7, 11) is 0. The van der Waals surface area contributed by atoms with Gasteiger partial charge < -0.3 is 25.4 Å². The van der Waals surface area contributed by atoms with Gasteiger partial charge in [0.15, 0.2) is 11.5 Å². The zero-order chi connectivity index (χ0) is 16.4. The number of likely N-dealkylation sites (tertiary alicyclic amines) is 1. The third-order valence-electron chi connectivity index (χ3n) is 4.18. The zero-order valence-electron chi connectivity index (χ0n) is 13.1. The minimum absolute atomic E-state index is 0.106. The van der Waals surface area contributed by atoms with Crippen LogP contribution in [-0.2, 0) is 4.79 Å². The molecule has 2 heterocycles. The summed E-state index contributed by atoms with van der Waals surface area (Å²) in [4.78, 5) is 26.7. The monoisotopic (exact) mass is 319 g/mol. The predicted octanol–water partition coefficient (Wildman–Crippen LogP) is 0.483. The quantitative estimate of drug-likeness (QED) is 0.842.